The lowest BCUT2D eigenvalue weighted by atomic mass is 10.1. The third-order valence-corrected chi connectivity index (χ3v) is 7.79. The van der Waals surface area contributed by atoms with E-state index in [1.165, 1.54) is 12.1 Å². The van der Waals surface area contributed by atoms with E-state index < -0.39 is 9.84 Å². The maximum Gasteiger partial charge on any atom is 0.160 e. The third-order valence-electron chi connectivity index (χ3n) is 4.76. The lowest BCUT2D eigenvalue weighted by Crippen LogP contribution is -2.38. The molecule has 27 heavy (non-hydrogen) atoms. The zero-order valence-electron chi connectivity index (χ0n) is 14.4. The van der Waals surface area contributed by atoms with Crippen molar-refractivity contribution >= 4 is 38.4 Å². The molecule has 2 aliphatic heterocycles. The van der Waals surface area contributed by atoms with Gasteiger partial charge < -0.3 is 4.90 Å². The van der Waals surface area contributed by atoms with Crippen LogP contribution in [-0.2, 0) is 22.1 Å². The zero-order chi connectivity index (χ0) is 19.0. The van der Waals surface area contributed by atoms with Gasteiger partial charge in [-0.15, -0.1) is 0 Å². The van der Waals surface area contributed by atoms with Crippen LogP contribution in [0.5, 0.6) is 0 Å². The number of aliphatic imine (C=N–C) groups is 1. The average molecular weight is 425 g/mol. The molecule has 1 saturated heterocycles. The van der Waals surface area contributed by atoms with Gasteiger partial charge in [-0.2, -0.15) is 0 Å². The second-order valence-corrected chi connectivity index (χ2v) is 10.3. The van der Waals surface area contributed by atoms with Gasteiger partial charge in [0, 0.05) is 17.3 Å². The second-order valence-electron chi connectivity index (χ2n) is 6.79. The van der Waals surface area contributed by atoms with Gasteiger partial charge in [0.2, 0.25) is 0 Å². The van der Waals surface area contributed by atoms with Crippen molar-refractivity contribution < 1.29 is 12.8 Å². The van der Waals surface area contributed by atoms with E-state index in [4.69, 9.17) is 16.6 Å². The highest BCUT2D eigenvalue weighted by molar-refractivity contribution is 8.13. The Kier molecular flexibility index (Phi) is 5.18. The molecule has 2 aromatic carbocycles. The summed E-state index contributed by atoms with van der Waals surface area (Å²) < 4.78 is 37.2. The molecule has 4 nitrogen and oxygen atoms in total. The number of amidine groups is 1. The van der Waals surface area contributed by atoms with Gasteiger partial charge in [0.25, 0.3) is 0 Å². The highest BCUT2D eigenvalue weighted by Gasteiger charge is 2.46. The number of fused-ring (bicyclic) bond motifs is 1. The molecule has 2 aromatic rings. The smallest absolute Gasteiger partial charge is 0.160 e. The minimum absolute atomic E-state index is 0.107. The summed E-state index contributed by atoms with van der Waals surface area (Å²) in [5, 5.41) is 1.51. The molecular weight excluding hydrogens is 407 g/mol. The van der Waals surface area contributed by atoms with Gasteiger partial charge in [-0.05, 0) is 35.4 Å². The number of benzene rings is 2. The SMILES string of the molecule is O=S1(=O)C[C@@H]2N=C(SCc3ccc(F)cc3)N(Cc3ccc(Cl)cc3)[C@@H]2C1. The number of rotatable bonds is 4. The first kappa shape index (κ1) is 18.8. The molecule has 0 aliphatic carbocycles. The molecule has 0 unspecified atom stereocenters. The van der Waals surface area contributed by atoms with E-state index in [1.807, 2.05) is 24.3 Å². The van der Waals surface area contributed by atoms with Crippen LogP contribution < -0.4 is 0 Å². The van der Waals surface area contributed by atoms with Crippen molar-refractivity contribution in [2.75, 3.05) is 11.5 Å². The van der Waals surface area contributed by atoms with Crippen molar-refractivity contribution in [2.45, 2.75) is 24.4 Å². The third kappa shape index (κ3) is 4.31. The number of hydrogen-bond acceptors (Lipinski definition) is 5. The average Bonchev–Trinajstić information content (AvgIpc) is 3.09. The summed E-state index contributed by atoms with van der Waals surface area (Å²) in [7, 11) is -3.05. The molecule has 2 atom stereocenters. The molecule has 0 amide bonds. The molecule has 4 rings (SSSR count). The van der Waals surface area contributed by atoms with Crippen LogP contribution in [-0.4, -0.2) is 42.1 Å². The monoisotopic (exact) mass is 424 g/mol. The van der Waals surface area contributed by atoms with E-state index in [2.05, 4.69) is 4.90 Å². The minimum Gasteiger partial charge on any atom is -0.341 e. The Balaban J connectivity index is 1.53. The van der Waals surface area contributed by atoms with Gasteiger partial charge in [-0.1, -0.05) is 47.6 Å². The van der Waals surface area contributed by atoms with E-state index >= 15 is 0 Å². The standard InChI is InChI=1S/C19H18ClFN2O2S2/c20-15-5-1-13(2-6-15)9-23-18-12-27(24,25)11-17(18)22-19(23)26-10-14-3-7-16(21)8-4-14/h1-8,17-18H,9-12H2/t17-,18+/m0/s1. The normalized spacial score (nSPS) is 23.3. The molecule has 8 heteroatoms. The van der Waals surface area contributed by atoms with Gasteiger partial charge in [0.1, 0.15) is 5.82 Å². The summed E-state index contributed by atoms with van der Waals surface area (Å²) in [6, 6.07) is 13.6. The number of thioether (sulfide) groups is 1. The van der Waals surface area contributed by atoms with E-state index in [0.29, 0.717) is 17.3 Å². The van der Waals surface area contributed by atoms with Gasteiger partial charge in [-0.3, -0.25) is 4.99 Å². The summed E-state index contributed by atoms with van der Waals surface area (Å²) in [5.74, 6) is 0.638. The van der Waals surface area contributed by atoms with Crippen molar-refractivity contribution in [2.24, 2.45) is 4.99 Å². The van der Waals surface area contributed by atoms with Crippen LogP contribution in [0.15, 0.2) is 53.5 Å². The fraction of sp³-hybridized carbons (Fsp3) is 0.316. The van der Waals surface area contributed by atoms with E-state index in [1.54, 1.807) is 23.9 Å². The van der Waals surface area contributed by atoms with Gasteiger partial charge >= 0.3 is 0 Å². The zero-order valence-corrected chi connectivity index (χ0v) is 16.8. The van der Waals surface area contributed by atoms with E-state index in [-0.39, 0.29) is 29.4 Å². The van der Waals surface area contributed by atoms with Crippen LogP contribution in [0.4, 0.5) is 4.39 Å². The van der Waals surface area contributed by atoms with Gasteiger partial charge in [0.15, 0.2) is 15.0 Å². The van der Waals surface area contributed by atoms with Crippen molar-refractivity contribution in [3.8, 4) is 0 Å². The number of halogens is 2. The van der Waals surface area contributed by atoms with Crippen LogP contribution in [0.1, 0.15) is 11.1 Å². The molecule has 142 valence electrons. The first-order valence-corrected chi connectivity index (χ1v) is 11.7. The van der Waals surface area contributed by atoms with Crippen molar-refractivity contribution in [1.82, 2.24) is 4.90 Å². The molecule has 0 aromatic heterocycles. The van der Waals surface area contributed by atoms with Crippen molar-refractivity contribution in [3.63, 3.8) is 0 Å². The van der Waals surface area contributed by atoms with Crippen LogP contribution in [0.25, 0.3) is 0 Å². The maximum absolute atomic E-state index is 13.1. The number of hydrogen-bond donors (Lipinski definition) is 0. The lowest BCUT2D eigenvalue weighted by molar-refractivity contribution is 0.343. The minimum atomic E-state index is -3.05. The lowest BCUT2D eigenvalue weighted by Gasteiger charge is -2.26. The Morgan fingerprint density at radius 1 is 1.07 bits per heavy atom. The first-order valence-electron chi connectivity index (χ1n) is 8.56. The Morgan fingerprint density at radius 3 is 2.44 bits per heavy atom. The fourth-order valence-corrected chi connectivity index (χ4v) is 6.47. The molecule has 0 radical (unpaired) electrons. The summed E-state index contributed by atoms with van der Waals surface area (Å²) in [6.07, 6.45) is 0. The summed E-state index contributed by atoms with van der Waals surface area (Å²) in [5.41, 5.74) is 2.06. The highest BCUT2D eigenvalue weighted by Crippen LogP contribution is 2.33. The molecule has 0 bridgehead atoms. The Labute approximate surface area is 167 Å². The van der Waals surface area contributed by atoms with Crippen LogP contribution in [0.3, 0.4) is 0 Å². The van der Waals surface area contributed by atoms with E-state index in [0.717, 1.165) is 16.3 Å². The molecular formula is C19H18ClFN2O2S2. The Morgan fingerprint density at radius 2 is 1.74 bits per heavy atom. The first-order chi connectivity index (χ1) is 12.9. The predicted octanol–water partition coefficient (Wildman–Crippen LogP) is 3.75. The second kappa shape index (κ2) is 7.45. The van der Waals surface area contributed by atoms with Gasteiger partial charge in [0.05, 0.1) is 23.6 Å². The van der Waals surface area contributed by atoms with Crippen molar-refractivity contribution in [3.05, 3.63) is 70.5 Å². The predicted molar refractivity (Wildman–Crippen MR) is 108 cm³/mol. The molecule has 2 heterocycles. The Bertz CT molecular complexity index is 962. The fourth-order valence-electron chi connectivity index (χ4n) is 3.41. The summed E-state index contributed by atoms with van der Waals surface area (Å²) >= 11 is 7.53. The largest absolute Gasteiger partial charge is 0.341 e. The highest BCUT2D eigenvalue weighted by atomic mass is 35.5. The molecule has 1 fully saturated rings. The molecule has 0 saturated carbocycles. The van der Waals surface area contributed by atoms with Crippen LogP contribution >= 0.6 is 23.4 Å². The quantitative estimate of drug-likeness (QED) is 0.750. The summed E-state index contributed by atoms with van der Waals surface area (Å²) in [4.78, 5) is 6.79. The number of sulfone groups is 1. The molecule has 0 N–H and O–H groups in total. The topological polar surface area (TPSA) is 49.7 Å². The summed E-state index contributed by atoms with van der Waals surface area (Å²) in [6.45, 7) is 0.586. The molecule has 2 aliphatic rings. The Hall–Kier alpha value is -1.57. The van der Waals surface area contributed by atoms with Crippen LogP contribution in [0.2, 0.25) is 5.02 Å². The number of nitrogens with zero attached hydrogens (tertiary/aromatic N) is 2. The maximum atomic E-state index is 13.1. The molecule has 0 spiro atoms. The van der Waals surface area contributed by atoms with Crippen LogP contribution in [0, 0.1) is 5.82 Å². The van der Waals surface area contributed by atoms with Gasteiger partial charge in [-0.25, -0.2) is 12.8 Å². The van der Waals surface area contributed by atoms with Crippen molar-refractivity contribution in [1.29, 1.82) is 0 Å². The van der Waals surface area contributed by atoms with E-state index in [9.17, 15) is 12.8 Å².